The molecular formula is C24H29N3O2. The maximum Gasteiger partial charge on any atom is 0.224 e. The number of aromatic amines is 1. The standard InChI is InChI=1S/C24H29N3O2/c1-27-13-5-6-18(16-27)24(28)26-14-21(17-9-11-19(29-2)12-10-17)22-15-25-23-8-4-3-7-20(22)23/h3-4,7-12,15,18,21,25H,5-6,13-14,16H2,1-2H3,(H,26,28). The molecule has 1 saturated heterocycles. The number of fused-ring (bicyclic) bond motifs is 1. The van der Waals surface area contributed by atoms with Crippen molar-refractivity contribution in [1.29, 1.82) is 0 Å². The Bertz CT molecular complexity index is 964. The number of aromatic nitrogens is 1. The molecule has 5 nitrogen and oxygen atoms in total. The lowest BCUT2D eigenvalue weighted by Crippen LogP contribution is -2.42. The van der Waals surface area contributed by atoms with Crippen LogP contribution >= 0.6 is 0 Å². The van der Waals surface area contributed by atoms with Crippen molar-refractivity contribution in [2.24, 2.45) is 5.92 Å². The van der Waals surface area contributed by atoms with Crippen LogP contribution in [0.2, 0.25) is 0 Å². The summed E-state index contributed by atoms with van der Waals surface area (Å²) in [5.41, 5.74) is 3.48. The van der Waals surface area contributed by atoms with Crippen molar-refractivity contribution in [1.82, 2.24) is 15.2 Å². The first-order chi connectivity index (χ1) is 14.2. The monoisotopic (exact) mass is 391 g/mol. The highest BCUT2D eigenvalue weighted by molar-refractivity contribution is 5.84. The maximum absolute atomic E-state index is 12.8. The number of ether oxygens (including phenoxy) is 1. The van der Waals surface area contributed by atoms with Crippen molar-refractivity contribution in [3.63, 3.8) is 0 Å². The van der Waals surface area contributed by atoms with Gasteiger partial charge in [-0.25, -0.2) is 0 Å². The number of carbonyl (C=O) groups excluding carboxylic acids is 1. The van der Waals surface area contributed by atoms with Crippen molar-refractivity contribution in [2.45, 2.75) is 18.8 Å². The van der Waals surface area contributed by atoms with Crippen LogP contribution in [0, 0.1) is 5.92 Å². The number of nitrogens with zero attached hydrogens (tertiary/aromatic N) is 1. The van der Waals surface area contributed by atoms with E-state index in [-0.39, 0.29) is 17.7 Å². The highest BCUT2D eigenvalue weighted by Crippen LogP contribution is 2.31. The van der Waals surface area contributed by atoms with Gasteiger partial charge in [0, 0.05) is 36.1 Å². The fourth-order valence-corrected chi connectivity index (χ4v) is 4.35. The normalized spacial score (nSPS) is 18.5. The maximum atomic E-state index is 12.8. The van der Waals surface area contributed by atoms with E-state index >= 15 is 0 Å². The van der Waals surface area contributed by atoms with Crippen LogP contribution in [-0.4, -0.2) is 49.6 Å². The molecule has 2 atom stereocenters. The van der Waals surface area contributed by atoms with Crippen molar-refractivity contribution >= 4 is 16.8 Å². The molecule has 1 aliphatic rings. The van der Waals surface area contributed by atoms with Crippen LogP contribution in [0.3, 0.4) is 0 Å². The summed E-state index contributed by atoms with van der Waals surface area (Å²) in [5, 5.41) is 4.44. The number of amides is 1. The molecule has 2 unspecified atom stereocenters. The summed E-state index contributed by atoms with van der Waals surface area (Å²) in [6, 6.07) is 16.4. The SMILES string of the molecule is COc1ccc(C(CNC(=O)C2CCCN(C)C2)c2c[nH]c3ccccc23)cc1. The molecule has 0 saturated carbocycles. The van der Waals surface area contributed by atoms with E-state index in [1.54, 1.807) is 7.11 Å². The molecule has 1 amide bonds. The number of rotatable bonds is 6. The van der Waals surface area contributed by atoms with Crippen LogP contribution in [0.1, 0.15) is 29.9 Å². The molecule has 3 aromatic rings. The molecule has 0 radical (unpaired) electrons. The van der Waals surface area contributed by atoms with Crippen LogP contribution in [0.5, 0.6) is 5.75 Å². The Morgan fingerprint density at radius 2 is 2.03 bits per heavy atom. The minimum Gasteiger partial charge on any atom is -0.497 e. The topological polar surface area (TPSA) is 57.4 Å². The Hall–Kier alpha value is -2.79. The lowest BCUT2D eigenvalue weighted by Gasteiger charge is -2.29. The van der Waals surface area contributed by atoms with Crippen molar-refractivity contribution in [2.75, 3.05) is 33.8 Å². The first-order valence-electron chi connectivity index (χ1n) is 10.3. The van der Waals surface area contributed by atoms with Crippen molar-refractivity contribution in [3.05, 3.63) is 65.9 Å². The van der Waals surface area contributed by atoms with Gasteiger partial charge in [0.15, 0.2) is 0 Å². The van der Waals surface area contributed by atoms with Gasteiger partial charge in [0.05, 0.1) is 13.0 Å². The first kappa shape index (κ1) is 19.5. The number of para-hydroxylation sites is 1. The molecule has 1 aromatic heterocycles. The van der Waals surface area contributed by atoms with E-state index in [1.165, 1.54) is 10.9 Å². The van der Waals surface area contributed by atoms with Gasteiger partial charge < -0.3 is 19.9 Å². The van der Waals surface area contributed by atoms with Crippen LogP contribution in [0.25, 0.3) is 10.9 Å². The van der Waals surface area contributed by atoms with Gasteiger partial charge in [-0.3, -0.25) is 4.79 Å². The van der Waals surface area contributed by atoms with E-state index in [9.17, 15) is 4.79 Å². The van der Waals surface area contributed by atoms with E-state index in [4.69, 9.17) is 4.74 Å². The van der Waals surface area contributed by atoms with E-state index in [2.05, 4.69) is 58.8 Å². The third-order valence-corrected chi connectivity index (χ3v) is 5.99. The minimum atomic E-state index is 0.0716. The molecule has 2 heterocycles. The summed E-state index contributed by atoms with van der Waals surface area (Å²) >= 11 is 0. The van der Waals surface area contributed by atoms with Gasteiger partial charge in [-0.2, -0.15) is 0 Å². The number of likely N-dealkylation sites (tertiary alicyclic amines) is 1. The zero-order valence-corrected chi connectivity index (χ0v) is 17.2. The van der Waals surface area contributed by atoms with E-state index < -0.39 is 0 Å². The van der Waals surface area contributed by atoms with Gasteiger partial charge in [-0.15, -0.1) is 0 Å². The third kappa shape index (κ3) is 4.30. The molecule has 2 N–H and O–H groups in total. The summed E-state index contributed by atoms with van der Waals surface area (Å²) in [6.07, 6.45) is 4.12. The van der Waals surface area contributed by atoms with Gasteiger partial charge in [0.2, 0.25) is 5.91 Å². The van der Waals surface area contributed by atoms with Gasteiger partial charge in [0.25, 0.3) is 0 Å². The number of nitrogens with one attached hydrogen (secondary N) is 2. The van der Waals surface area contributed by atoms with Crippen LogP contribution in [0.4, 0.5) is 0 Å². The third-order valence-electron chi connectivity index (χ3n) is 5.99. The van der Waals surface area contributed by atoms with Crippen molar-refractivity contribution < 1.29 is 9.53 Å². The molecule has 152 valence electrons. The van der Waals surface area contributed by atoms with Gasteiger partial charge in [-0.05, 0) is 55.8 Å². The lowest BCUT2D eigenvalue weighted by atomic mass is 9.90. The van der Waals surface area contributed by atoms with Crippen LogP contribution < -0.4 is 10.1 Å². The lowest BCUT2D eigenvalue weighted by molar-refractivity contribution is -0.126. The Kier molecular flexibility index (Phi) is 5.86. The fourth-order valence-electron chi connectivity index (χ4n) is 4.35. The summed E-state index contributed by atoms with van der Waals surface area (Å²) in [6.45, 7) is 2.49. The molecule has 1 fully saturated rings. The molecule has 4 rings (SSSR count). The summed E-state index contributed by atoms with van der Waals surface area (Å²) < 4.78 is 5.32. The van der Waals surface area contributed by atoms with Crippen LogP contribution in [0.15, 0.2) is 54.7 Å². The fraction of sp³-hybridized carbons (Fsp3) is 0.375. The molecule has 1 aliphatic heterocycles. The minimum absolute atomic E-state index is 0.0716. The summed E-state index contributed by atoms with van der Waals surface area (Å²) in [5.74, 6) is 1.14. The average Bonchev–Trinajstić information content (AvgIpc) is 3.18. The number of carbonyl (C=O) groups is 1. The first-order valence-corrected chi connectivity index (χ1v) is 10.3. The molecular weight excluding hydrogens is 362 g/mol. The quantitative estimate of drug-likeness (QED) is 0.673. The highest BCUT2D eigenvalue weighted by atomic mass is 16.5. The zero-order chi connectivity index (χ0) is 20.2. The predicted octanol–water partition coefficient (Wildman–Crippen LogP) is 3.77. The van der Waals surface area contributed by atoms with E-state index in [0.29, 0.717) is 6.54 Å². The smallest absolute Gasteiger partial charge is 0.224 e. The Morgan fingerprint density at radius 3 is 2.79 bits per heavy atom. The van der Waals surface area contributed by atoms with Gasteiger partial charge >= 0.3 is 0 Å². The molecule has 0 bridgehead atoms. The summed E-state index contributed by atoms with van der Waals surface area (Å²) in [4.78, 5) is 18.5. The number of hydrogen-bond donors (Lipinski definition) is 2. The van der Waals surface area contributed by atoms with E-state index in [0.717, 1.165) is 42.8 Å². The average molecular weight is 392 g/mol. The second kappa shape index (κ2) is 8.70. The van der Waals surface area contributed by atoms with E-state index in [1.807, 2.05) is 18.2 Å². The molecule has 0 aliphatic carbocycles. The molecule has 2 aromatic carbocycles. The molecule has 0 spiro atoms. The second-order valence-corrected chi connectivity index (χ2v) is 7.96. The van der Waals surface area contributed by atoms with Crippen molar-refractivity contribution in [3.8, 4) is 5.75 Å². The number of benzene rings is 2. The Balaban J connectivity index is 1.59. The van der Waals surface area contributed by atoms with Crippen LogP contribution in [-0.2, 0) is 4.79 Å². The second-order valence-electron chi connectivity index (χ2n) is 7.96. The zero-order valence-electron chi connectivity index (χ0n) is 17.2. The predicted molar refractivity (Wildman–Crippen MR) is 116 cm³/mol. The Morgan fingerprint density at radius 1 is 1.24 bits per heavy atom. The largest absolute Gasteiger partial charge is 0.497 e. The highest BCUT2D eigenvalue weighted by Gasteiger charge is 2.25. The molecule has 29 heavy (non-hydrogen) atoms. The molecule has 5 heteroatoms. The number of methoxy groups -OCH3 is 1. The number of hydrogen-bond acceptors (Lipinski definition) is 3. The number of H-pyrrole nitrogens is 1. The number of piperidine rings is 1. The van der Waals surface area contributed by atoms with Gasteiger partial charge in [0.1, 0.15) is 5.75 Å². The Labute approximate surface area is 172 Å². The van der Waals surface area contributed by atoms with Gasteiger partial charge in [-0.1, -0.05) is 30.3 Å². The summed E-state index contributed by atoms with van der Waals surface area (Å²) in [7, 11) is 3.76.